The first kappa shape index (κ1) is 35.5. The van der Waals surface area contributed by atoms with Crippen LogP contribution in [-0.4, -0.2) is 34.2 Å². The van der Waals surface area contributed by atoms with Crippen molar-refractivity contribution in [2.24, 2.45) is 0 Å². The molecule has 0 spiro atoms. The van der Waals surface area contributed by atoms with Gasteiger partial charge in [-0.25, -0.2) is 0 Å². The topological polar surface area (TPSA) is 112 Å². The fraction of sp³-hybridized carbons (Fsp3) is 0.500. The first-order valence-electron chi connectivity index (χ1n) is 7.78. The third-order valence-corrected chi connectivity index (χ3v) is 6.21. The summed E-state index contributed by atoms with van der Waals surface area (Å²) in [7, 11) is -8.98. The largest absolute Gasteiger partial charge is 1.00 e. The quantitative estimate of drug-likeness (QED) is 0.129. The van der Waals surface area contributed by atoms with Crippen LogP contribution in [-0.2, 0) is 21.1 Å². The molecule has 0 heterocycles. The third kappa shape index (κ3) is 19.1. The summed E-state index contributed by atoms with van der Waals surface area (Å²) >= 11 is 0. The summed E-state index contributed by atoms with van der Waals surface area (Å²) in [6.07, 6.45) is 5.05. The molecule has 0 fully saturated rings. The van der Waals surface area contributed by atoms with Crippen molar-refractivity contribution in [1.82, 2.24) is 0 Å². The maximum Gasteiger partial charge on any atom is 1.00 e. The number of benzene rings is 1. The summed E-state index contributed by atoms with van der Waals surface area (Å²) in [5.41, 5.74) is 0.989. The Hall–Kier alpha value is 3.93. The predicted octanol–water partition coefficient (Wildman–Crippen LogP) is -5.48. The van der Waals surface area contributed by atoms with Crippen LogP contribution in [0.3, 0.4) is 0 Å². The van der Waals surface area contributed by atoms with E-state index in [1.807, 2.05) is 31.2 Å². The van der Waals surface area contributed by atoms with E-state index < -0.39 is 29.1 Å². The molecule has 11 heteroatoms. The van der Waals surface area contributed by atoms with Gasteiger partial charge in [-0.15, -0.1) is 0 Å². The van der Waals surface area contributed by atoms with Crippen LogP contribution in [0.25, 0.3) is 0 Å². The molecule has 0 saturated heterocycles. The smallest absolute Gasteiger partial charge is 1.00 e. The van der Waals surface area contributed by atoms with Gasteiger partial charge in [0.05, 0.1) is 11.4 Å². The molecule has 0 aliphatic rings. The maximum atomic E-state index is 11.3. The van der Waals surface area contributed by atoms with Gasteiger partial charge in [-0.05, 0) is 44.6 Å². The molecule has 1 unspecified atom stereocenters. The molecule has 0 amide bonds. The zero-order valence-electron chi connectivity index (χ0n) is 19.7. The van der Waals surface area contributed by atoms with Crippen molar-refractivity contribution in [3.05, 3.63) is 47.5 Å². The van der Waals surface area contributed by atoms with E-state index in [0.29, 0.717) is 6.42 Å². The summed E-state index contributed by atoms with van der Waals surface area (Å²) in [6, 6.07) is 10.1. The van der Waals surface area contributed by atoms with Crippen molar-refractivity contribution in [2.75, 3.05) is 5.75 Å². The average Bonchev–Trinajstić information content (AvgIpc) is 2.45. The molecule has 0 aliphatic heterocycles. The van der Waals surface area contributed by atoms with Crippen LogP contribution in [0.1, 0.15) is 42.5 Å². The summed E-state index contributed by atoms with van der Waals surface area (Å²) in [4.78, 5) is 18.4. The molecule has 142 valence electrons. The molecule has 0 saturated carbocycles. The van der Waals surface area contributed by atoms with Crippen molar-refractivity contribution in [3.63, 3.8) is 0 Å². The minimum absolute atomic E-state index is 0. The van der Waals surface area contributed by atoms with Gasteiger partial charge in [-0.3, -0.25) is 9.12 Å². The van der Waals surface area contributed by atoms with Crippen LogP contribution < -0.4 is 154 Å². The minimum Gasteiger partial charge on any atom is -1.00 e. The van der Waals surface area contributed by atoms with Gasteiger partial charge in [0, 0.05) is 0 Å². The van der Waals surface area contributed by atoms with E-state index in [1.165, 1.54) is 5.56 Å². The Morgan fingerprint density at radius 2 is 1.74 bits per heavy atom. The van der Waals surface area contributed by atoms with Crippen molar-refractivity contribution >= 4 is 17.7 Å². The second-order valence-electron chi connectivity index (χ2n) is 5.96. The van der Waals surface area contributed by atoms with Gasteiger partial charge < -0.3 is 14.1 Å². The molecule has 0 radical (unpaired) electrons. The first-order valence-corrected chi connectivity index (χ1v) is 11.1. The molecule has 6 nitrogen and oxygen atoms in total. The number of aryl methyl sites for hydroxylation is 1. The molecule has 27 heavy (non-hydrogen) atoms. The van der Waals surface area contributed by atoms with E-state index in [0.717, 1.165) is 24.8 Å². The van der Waals surface area contributed by atoms with Crippen molar-refractivity contribution in [3.8, 4) is 0 Å². The van der Waals surface area contributed by atoms with Crippen LogP contribution in [0, 0.1) is 0 Å². The second kappa shape index (κ2) is 18.4. The Morgan fingerprint density at radius 3 is 2.22 bits per heavy atom. The normalized spacial score (nSPS) is 13.0. The zero-order valence-corrected chi connectivity index (χ0v) is 27.8. The van der Waals surface area contributed by atoms with E-state index >= 15 is 0 Å². The van der Waals surface area contributed by atoms with E-state index in [2.05, 4.69) is 12.1 Å². The fourth-order valence-corrected chi connectivity index (χ4v) is 4.91. The van der Waals surface area contributed by atoms with Crippen LogP contribution in [0.5, 0.6) is 0 Å². The van der Waals surface area contributed by atoms with Crippen molar-refractivity contribution in [2.45, 2.75) is 44.7 Å². The van der Waals surface area contributed by atoms with Gasteiger partial charge in [0.1, 0.15) is 0 Å². The van der Waals surface area contributed by atoms with Crippen LogP contribution in [0.15, 0.2) is 42.0 Å². The number of rotatable bonds is 10. The van der Waals surface area contributed by atoms with Crippen molar-refractivity contribution < 1.29 is 186 Å². The molecular formula is C16H28K3O6PS. The van der Waals surface area contributed by atoms with Gasteiger partial charge in [-0.2, -0.15) is 8.42 Å². The Morgan fingerprint density at radius 1 is 1.19 bits per heavy atom. The third-order valence-electron chi connectivity index (χ3n) is 3.75. The number of hydrogen-bond donors (Lipinski definition) is 3. The Labute approximate surface area is 294 Å². The van der Waals surface area contributed by atoms with Crippen LogP contribution in [0.4, 0.5) is 0 Å². The monoisotopic (exact) mass is 496 g/mol. The molecule has 0 aromatic heterocycles. The molecule has 1 atom stereocenters. The number of allylic oxidation sites excluding steroid dienone is 2. The number of hydrogen-bond acceptors (Lipinski definition) is 3. The fourth-order valence-electron chi connectivity index (χ4n) is 2.43. The summed E-state index contributed by atoms with van der Waals surface area (Å²) in [6.45, 7) is 1.94. The summed E-state index contributed by atoms with van der Waals surface area (Å²) in [5, 5.41) is 0. The van der Waals surface area contributed by atoms with E-state index in [9.17, 15) is 22.8 Å². The predicted molar refractivity (Wildman–Crippen MR) is 98.0 cm³/mol. The average molecular weight is 497 g/mol. The molecule has 1 aromatic carbocycles. The molecule has 1 aromatic rings. The van der Waals surface area contributed by atoms with E-state index in [-0.39, 0.29) is 165 Å². The van der Waals surface area contributed by atoms with Crippen LogP contribution >= 0.6 is 7.60 Å². The van der Waals surface area contributed by atoms with E-state index in [1.54, 1.807) is 0 Å². The van der Waals surface area contributed by atoms with Crippen LogP contribution in [0.2, 0.25) is 0 Å². The molecule has 3 N–H and O–H groups in total. The van der Waals surface area contributed by atoms with Gasteiger partial charge in [-0.1, -0.05) is 42.0 Å². The van der Waals surface area contributed by atoms with Crippen molar-refractivity contribution in [1.29, 1.82) is 0 Å². The second-order valence-corrected chi connectivity index (χ2v) is 9.36. The Bertz CT molecular complexity index is 705. The SMILES string of the molecule is CC(=CCCC(CS(=O)(=O)O)P(=O)(O)O)CCCc1ccccc1.[H-].[H-].[H-].[K+].[K+].[K+]. The Balaban J connectivity index is -0.000000240. The molecule has 0 aliphatic carbocycles. The van der Waals surface area contributed by atoms with Gasteiger partial charge >= 0.3 is 162 Å². The van der Waals surface area contributed by atoms with Gasteiger partial charge in [0.25, 0.3) is 10.1 Å². The van der Waals surface area contributed by atoms with E-state index in [4.69, 9.17) is 4.55 Å². The molecule has 1 rings (SSSR count). The summed E-state index contributed by atoms with van der Waals surface area (Å²) in [5.74, 6) is -0.918. The maximum absolute atomic E-state index is 11.3. The standard InChI is InChI=1S/C16H25O6PS.3K.3H/c1-14(7-5-11-15-9-3-2-4-10-15)8-6-12-16(23(17,18)19)13-24(20,21)22;;;;;;/h2-4,8-10,16H,5-7,11-13H2,1H3,(H2,17,18,19)(H,20,21,22);;;;;;/q;3*+1;3*-1. The summed E-state index contributed by atoms with van der Waals surface area (Å²) < 4.78 is 41.8. The molecular weight excluding hydrogens is 469 g/mol. The first-order chi connectivity index (χ1) is 11.1. The minimum atomic E-state index is -4.56. The Kier molecular flexibility index (Phi) is 24.2. The molecule has 0 bridgehead atoms. The zero-order chi connectivity index (χ0) is 18.2. The van der Waals surface area contributed by atoms with Gasteiger partial charge in [0.15, 0.2) is 0 Å². The van der Waals surface area contributed by atoms with Gasteiger partial charge in [0.2, 0.25) is 0 Å².